The highest BCUT2D eigenvalue weighted by molar-refractivity contribution is 5.89. The maximum absolute atomic E-state index is 11.1. The molecule has 0 saturated carbocycles. The van der Waals surface area contributed by atoms with Crippen LogP contribution in [0, 0.1) is 0 Å². The van der Waals surface area contributed by atoms with Crippen LogP contribution in [0.4, 0.5) is 0 Å². The van der Waals surface area contributed by atoms with E-state index in [0.29, 0.717) is 5.56 Å². The van der Waals surface area contributed by atoms with Crippen molar-refractivity contribution in [3.05, 3.63) is 35.9 Å². The van der Waals surface area contributed by atoms with Gasteiger partial charge in [-0.3, -0.25) is 0 Å². The lowest BCUT2D eigenvalue weighted by atomic mass is 10.2. The number of aliphatic hydroxyl groups is 1. The summed E-state index contributed by atoms with van der Waals surface area (Å²) in [5, 5.41) is 8.38. The highest BCUT2D eigenvalue weighted by Gasteiger charge is 2.03. The molecule has 0 heterocycles. The Kier molecular flexibility index (Phi) is 5.50. The molecule has 0 aliphatic heterocycles. The van der Waals surface area contributed by atoms with Gasteiger partial charge in [-0.25, -0.2) is 4.79 Å². The smallest absolute Gasteiger partial charge is 0.338 e. The minimum atomic E-state index is -0.398. The average Bonchev–Trinajstić information content (AvgIpc) is 2.15. The average molecular weight is 184 g/mol. The predicted molar refractivity (Wildman–Crippen MR) is 47.4 cm³/mol. The lowest BCUT2D eigenvalue weighted by Crippen LogP contribution is -2.08. The molecule has 1 aromatic carbocycles. The fourth-order valence-corrected chi connectivity index (χ4v) is 0.796. The number of carbonyl (C=O) groups is 1. The summed E-state index contributed by atoms with van der Waals surface area (Å²) >= 11 is 0. The van der Waals surface area contributed by atoms with E-state index in [-0.39, 0.29) is 18.7 Å². The Hall–Kier alpha value is -1.39. The maximum atomic E-state index is 11.1. The van der Waals surface area contributed by atoms with Crippen LogP contribution < -0.4 is 0 Å². The van der Waals surface area contributed by atoms with E-state index in [4.69, 9.17) is 5.11 Å². The van der Waals surface area contributed by atoms with Crippen molar-refractivity contribution >= 4 is 5.97 Å². The molecule has 0 amide bonds. The van der Waals surface area contributed by atoms with Crippen molar-refractivity contribution in [1.82, 2.24) is 0 Å². The Morgan fingerprint density at radius 1 is 1.31 bits per heavy atom. The van der Waals surface area contributed by atoms with E-state index in [2.05, 4.69) is 4.74 Å². The fraction of sp³-hybridized carbons (Fsp3) is 0.222. The Balaban J connectivity index is 0.00000144. The zero-order valence-corrected chi connectivity index (χ0v) is 7.06. The van der Waals surface area contributed by atoms with Crippen LogP contribution >= 0.6 is 0 Å². The molecule has 0 aliphatic carbocycles. The molecule has 1 aromatic rings. The van der Waals surface area contributed by atoms with Crippen molar-refractivity contribution < 1.29 is 20.1 Å². The summed E-state index contributed by atoms with van der Waals surface area (Å²) in [5.74, 6) is -0.398. The first-order valence-electron chi connectivity index (χ1n) is 3.67. The number of carbonyl (C=O) groups excluding carboxylic acids is 1. The minimum absolute atomic E-state index is 0. The van der Waals surface area contributed by atoms with Gasteiger partial charge in [0.1, 0.15) is 6.61 Å². The molecule has 0 spiro atoms. The van der Waals surface area contributed by atoms with Gasteiger partial charge in [0.2, 0.25) is 0 Å². The summed E-state index contributed by atoms with van der Waals surface area (Å²) in [6.45, 7) is -0.0910. The topological polar surface area (TPSA) is 78.0 Å². The first-order chi connectivity index (χ1) is 5.84. The molecule has 3 N–H and O–H groups in total. The summed E-state index contributed by atoms with van der Waals surface area (Å²) in [5.41, 5.74) is 0.506. The van der Waals surface area contributed by atoms with Gasteiger partial charge in [0.05, 0.1) is 12.2 Å². The van der Waals surface area contributed by atoms with Crippen LogP contribution in [0.2, 0.25) is 0 Å². The van der Waals surface area contributed by atoms with Crippen molar-refractivity contribution in [3.8, 4) is 0 Å². The molecule has 0 radical (unpaired) electrons. The molecule has 4 heteroatoms. The summed E-state index contributed by atoms with van der Waals surface area (Å²) in [7, 11) is 0. The number of esters is 1. The van der Waals surface area contributed by atoms with Crippen LogP contribution in [0.25, 0.3) is 0 Å². The molecule has 0 aliphatic rings. The molecular formula is C9H12O4. The van der Waals surface area contributed by atoms with Crippen LogP contribution in [0.15, 0.2) is 30.3 Å². The molecule has 0 atom stereocenters. The third kappa shape index (κ3) is 3.68. The van der Waals surface area contributed by atoms with Gasteiger partial charge in [-0.1, -0.05) is 18.2 Å². The first kappa shape index (κ1) is 11.6. The lowest BCUT2D eigenvalue weighted by Gasteiger charge is -2.00. The van der Waals surface area contributed by atoms with E-state index in [1.165, 1.54) is 0 Å². The minimum Gasteiger partial charge on any atom is -0.460 e. The summed E-state index contributed by atoms with van der Waals surface area (Å²) in [4.78, 5) is 11.1. The van der Waals surface area contributed by atoms with Gasteiger partial charge in [-0.05, 0) is 12.1 Å². The molecule has 0 fully saturated rings. The monoisotopic (exact) mass is 184 g/mol. The van der Waals surface area contributed by atoms with Crippen molar-refractivity contribution in [2.75, 3.05) is 13.2 Å². The largest absolute Gasteiger partial charge is 0.460 e. The summed E-state index contributed by atoms with van der Waals surface area (Å²) < 4.78 is 4.69. The van der Waals surface area contributed by atoms with Crippen LogP contribution in [0.1, 0.15) is 10.4 Å². The maximum Gasteiger partial charge on any atom is 0.338 e. The quantitative estimate of drug-likeness (QED) is 0.672. The van der Waals surface area contributed by atoms with Gasteiger partial charge in [0.25, 0.3) is 0 Å². The number of benzene rings is 1. The van der Waals surface area contributed by atoms with Gasteiger partial charge in [0.15, 0.2) is 0 Å². The van der Waals surface area contributed by atoms with Gasteiger partial charge >= 0.3 is 5.97 Å². The number of hydrogen-bond donors (Lipinski definition) is 1. The summed E-state index contributed by atoms with van der Waals surface area (Å²) in [6, 6.07) is 8.67. The molecule has 0 aromatic heterocycles. The Labute approximate surface area is 76.1 Å². The Morgan fingerprint density at radius 3 is 2.46 bits per heavy atom. The molecule has 0 unspecified atom stereocenters. The SMILES string of the molecule is O.O=C(OCCO)c1ccccc1. The number of hydrogen-bond acceptors (Lipinski definition) is 3. The van der Waals surface area contributed by atoms with Crippen molar-refractivity contribution in [2.24, 2.45) is 0 Å². The van der Waals surface area contributed by atoms with E-state index in [1.807, 2.05) is 6.07 Å². The Morgan fingerprint density at radius 2 is 1.92 bits per heavy atom. The van der Waals surface area contributed by atoms with E-state index in [9.17, 15) is 4.79 Å². The first-order valence-corrected chi connectivity index (χ1v) is 3.67. The molecule has 1 rings (SSSR count). The van der Waals surface area contributed by atoms with Gasteiger partial charge in [-0.2, -0.15) is 0 Å². The van der Waals surface area contributed by atoms with E-state index in [1.54, 1.807) is 24.3 Å². The van der Waals surface area contributed by atoms with E-state index in [0.717, 1.165) is 0 Å². The molecule has 0 saturated heterocycles. The zero-order valence-electron chi connectivity index (χ0n) is 7.06. The number of aliphatic hydroxyl groups excluding tert-OH is 1. The molecule has 13 heavy (non-hydrogen) atoms. The van der Waals surface area contributed by atoms with Gasteiger partial charge < -0.3 is 15.3 Å². The number of ether oxygens (including phenoxy) is 1. The van der Waals surface area contributed by atoms with Crippen molar-refractivity contribution in [1.29, 1.82) is 0 Å². The zero-order chi connectivity index (χ0) is 8.81. The normalized spacial score (nSPS) is 8.69. The molecule has 4 nitrogen and oxygen atoms in total. The third-order valence-corrected chi connectivity index (χ3v) is 1.33. The highest BCUT2D eigenvalue weighted by Crippen LogP contribution is 2.00. The molecule has 0 bridgehead atoms. The second kappa shape index (κ2) is 6.16. The Bertz CT molecular complexity index is 245. The fourth-order valence-electron chi connectivity index (χ4n) is 0.796. The second-order valence-corrected chi connectivity index (χ2v) is 2.23. The van der Waals surface area contributed by atoms with E-state index < -0.39 is 5.97 Å². The molecule has 72 valence electrons. The van der Waals surface area contributed by atoms with E-state index >= 15 is 0 Å². The summed E-state index contributed by atoms with van der Waals surface area (Å²) in [6.07, 6.45) is 0. The number of rotatable bonds is 3. The lowest BCUT2D eigenvalue weighted by molar-refractivity contribution is 0.0434. The molecular weight excluding hydrogens is 172 g/mol. The second-order valence-electron chi connectivity index (χ2n) is 2.23. The van der Waals surface area contributed by atoms with Crippen LogP contribution in [0.3, 0.4) is 0 Å². The predicted octanol–water partition coefficient (Wildman–Crippen LogP) is 0.0110. The van der Waals surface area contributed by atoms with Crippen LogP contribution in [-0.2, 0) is 4.74 Å². The van der Waals surface area contributed by atoms with Crippen molar-refractivity contribution in [2.45, 2.75) is 0 Å². The standard InChI is InChI=1S/C9H10O3.H2O/c10-6-7-12-9(11)8-4-2-1-3-5-8;/h1-5,10H,6-7H2;1H2. The van der Waals surface area contributed by atoms with Crippen LogP contribution in [0.5, 0.6) is 0 Å². The van der Waals surface area contributed by atoms with Crippen LogP contribution in [-0.4, -0.2) is 29.8 Å². The van der Waals surface area contributed by atoms with Gasteiger partial charge in [0, 0.05) is 0 Å². The van der Waals surface area contributed by atoms with Gasteiger partial charge in [-0.15, -0.1) is 0 Å². The van der Waals surface area contributed by atoms with Crippen molar-refractivity contribution in [3.63, 3.8) is 0 Å². The third-order valence-electron chi connectivity index (χ3n) is 1.33. The highest BCUT2D eigenvalue weighted by atomic mass is 16.5.